The molecule has 0 saturated carbocycles. The highest BCUT2D eigenvalue weighted by molar-refractivity contribution is 5.30. The van der Waals surface area contributed by atoms with Gasteiger partial charge in [0.05, 0.1) is 6.61 Å². The predicted molar refractivity (Wildman–Crippen MR) is 79.5 cm³/mol. The Labute approximate surface area is 116 Å². The molecule has 1 saturated heterocycles. The van der Waals surface area contributed by atoms with E-state index in [2.05, 4.69) is 36.1 Å². The molecule has 0 amide bonds. The van der Waals surface area contributed by atoms with Crippen LogP contribution < -0.4 is 5.73 Å². The summed E-state index contributed by atoms with van der Waals surface area (Å²) in [6, 6.07) is 8.91. The second-order valence-electron chi connectivity index (χ2n) is 5.68. The molecular formula is C16H26N2O. The lowest BCUT2D eigenvalue weighted by Gasteiger charge is -2.41. The molecule has 106 valence electrons. The van der Waals surface area contributed by atoms with Gasteiger partial charge in [-0.15, -0.1) is 0 Å². The summed E-state index contributed by atoms with van der Waals surface area (Å²) >= 11 is 0. The Morgan fingerprint density at radius 1 is 1.21 bits per heavy atom. The number of hydrogen-bond donors (Lipinski definition) is 1. The van der Waals surface area contributed by atoms with Gasteiger partial charge in [0.25, 0.3) is 0 Å². The van der Waals surface area contributed by atoms with Crippen molar-refractivity contribution in [1.29, 1.82) is 0 Å². The lowest BCUT2D eigenvalue weighted by atomic mass is 9.72. The summed E-state index contributed by atoms with van der Waals surface area (Å²) in [4.78, 5) is 2.48. The first kappa shape index (κ1) is 14.5. The van der Waals surface area contributed by atoms with Crippen molar-refractivity contribution in [2.75, 3.05) is 39.9 Å². The highest BCUT2D eigenvalue weighted by atomic mass is 16.5. The SMILES string of the molecule is COCCN1CCC(CN)(c2ccc(C)cc2)CC1. The van der Waals surface area contributed by atoms with Gasteiger partial charge in [0.1, 0.15) is 0 Å². The standard InChI is InChI=1S/C16H26N2O/c1-14-3-5-15(6-4-14)16(13-17)7-9-18(10-8-16)11-12-19-2/h3-6H,7-13,17H2,1-2H3. The normalized spacial score (nSPS) is 19.5. The molecule has 0 radical (unpaired) electrons. The Kier molecular flexibility index (Phi) is 4.97. The minimum Gasteiger partial charge on any atom is -0.383 e. The largest absolute Gasteiger partial charge is 0.383 e. The highest BCUT2D eigenvalue weighted by Gasteiger charge is 2.34. The number of hydrogen-bond acceptors (Lipinski definition) is 3. The molecule has 0 bridgehead atoms. The number of nitrogens with two attached hydrogens (primary N) is 1. The van der Waals surface area contributed by atoms with Gasteiger partial charge < -0.3 is 15.4 Å². The first-order valence-electron chi connectivity index (χ1n) is 7.19. The average Bonchev–Trinajstić information content (AvgIpc) is 2.46. The van der Waals surface area contributed by atoms with E-state index in [-0.39, 0.29) is 5.41 Å². The van der Waals surface area contributed by atoms with Gasteiger partial charge in [-0.2, -0.15) is 0 Å². The van der Waals surface area contributed by atoms with Crippen molar-refractivity contribution >= 4 is 0 Å². The summed E-state index contributed by atoms with van der Waals surface area (Å²) < 4.78 is 5.15. The molecule has 2 N–H and O–H groups in total. The Morgan fingerprint density at radius 2 is 1.84 bits per heavy atom. The number of rotatable bonds is 5. The summed E-state index contributed by atoms with van der Waals surface area (Å²) in [5.41, 5.74) is 9.01. The zero-order valence-electron chi connectivity index (χ0n) is 12.2. The van der Waals surface area contributed by atoms with E-state index >= 15 is 0 Å². The summed E-state index contributed by atoms with van der Waals surface area (Å²) in [7, 11) is 1.76. The van der Waals surface area contributed by atoms with Gasteiger partial charge in [-0.3, -0.25) is 0 Å². The van der Waals surface area contributed by atoms with Gasteiger partial charge in [0.15, 0.2) is 0 Å². The summed E-state index contributed by atoms with van der Waals surface area (Å²) in [6.45, 7) is 6.97. The third kappa shape index (κ3) is 3.35. The Bertz CT molecular complexity index is 380. The van der Waals surface area contributed by atoms with Crippen LogP contribution in [0.5, 0.6) is 0 Å². The van der Waals surface area contributed by atoms with Gasteiger partial charge in [0.2, 0.25) is 0 Å². The third-order valence-corrected chi connectivity index (χ3v) is 4.48. The molecule has 1 aromatic carbocycles. The molecule has 2 rings (SSSR count). The van der Waals surface area contributed by atoms with Crippen LogP contribution in [-0.2, 0) is 10.2 Å². The maximum atomic E-state index is 6.11. The number of benzene rings is 1. The molecule has 3 heteroatoms. The molecule has 1 heterocycles. The maximum Gasteiger partial charge on any atom is 0.0589 e. The van der Waals surface area contributed by atoms with Gasteiger partial charge in [0, 0.05) is 25.6 Å². The fourth-order valence-electron chi connectivity index (χ4n) is 2.94. The Morgan fingerprint density at radius 3 is 2.37 bits per heavy atom. The molecule has 3 nitrogen and oxygen atoms in total. The van der Waals surface area contributed by atoms with Crippen LogP contribution in [0.3, 0.4) is 0 Å². The highest BCUT2D eigenvalue weighted by Crippen LogP contribution is 2.34. The van der Waals surface area contributed by atoms with Crippen molar-refractivity contribution in [3.8, 4) is 0 Å². The van der Waals surface area contributed by atoms with Gasteiger partial charge in [-0.25, -0.2) is 0 Å². The van der Waals surface area contributed by atoms with Crippen LogP contribution in [0.15, 0.2) is 24.3 Å². The molecule has 0 aliphatic carbocycles. The van der Waals surface area contributed by atoms with E-state index in [0.29, 0.717) is 0 Å². The van der Waals surface area contributed by atoms with Crippen LogP contribution in [0, 0.1) is 6.92 Å². The van der Waals surface area contributed by atoms with Crippen molar-refractivity contribution in [3.05, 3.63) is 35.4 Å². The molecule has 0 atom stereocenters. The van der Waals surface area contributed by atoms with Crippen LogP contribution in [0.2, 0.25) is 0 Å². The van der Waals surface area contributed by atoms with Crippen molar-refractivity contribution in [1.82, 2.24) is 4.90 Å². The van der Waals surface area contributed by atoms with Crippen LogP contribution in [0.4, 0.5) is 0 Å². The minimum absolute atomic E-state index is 0.178. The van der Waals surface area contributed by atoms with Crippen molar-refractivity contribution in [2.24, 2.45) is 5.73 Å². The number of ether oxygens (including phenoxy) is 1. The van der Waals surface area contributed by atoms with Crippen molar-refractivity contribution in [3.63, 3.8) is 0 Å². The minimum atomic E-state index is 0.178. The van der Waals surface area contributed by atoms with E-state index in [0.717, 1.165) is 45.6 Å². The smallest absolute Gasteiger partial charge is 0.0589 e. The lowest BCUT2D eigenvalue weighted by molar-refractivity contribution is 0.111. The zero-order chi connectivity index (χ0) is 13.7. The summed E-state index contributed by atoms with van der Waals surface area (Å²) in [5.74, 6) is 0. The third-order valence-electron chi connectivity index (χ3n) is 4.48. The number of methoxy groups -OCH3 is 1. The maximum absolute atomic E-state index is 6.11. The monoisotopic (exact) mass is 262 g/mol. The van der Waals surface area contributed by atoms with Gasteiger partial charge in [-0.05, 0) is 38.4 Å². The van der Waals surface area contributed by atoms with Crippen molar-refractivity contribution < 1.29 is 4.74 Å². The Hall–Kier alpha value is -0.900. The van der Waals surface area contributed by atoms with E-state index in [9.17, 15) is 0 Å². The molecule has 0 spiro atoms. The first-order chi connectivity index (χ1) is 9.20. The fraction of sp³-hybridized carbons (Fsp3) is 0.625. The van der Waals surface area contributed by atoms with Crippen molar-refractivity contribution in [2.45, 2.75) is 25.2 Å². The number of likely N-dealkylation sites (tertiary alicyclic amines) is 1. The topological polar surface area (TPSA) is 38.5 Å². The number of aryl methyl sites for hydroxylation is 1. The zero-order valence-corrected chi connectivity index (χ0v) is 12.2. The fourth-order valence-corrected chi connectivity index (χ4v) is 2.94. The molecule has 1 fully saturated rings. The van der Waals surface area contributed by atoms with Crippen LogP contribution in [0.25, 0.3) is 0 Å². The van der Waals surface area contributed by atoms with Gasteiger partial charge in [-0.1, -0.05) is 29.8 Å². The van der Waals surface area contributed by atoms with Crippen LogP contribution in [0.1, 0.15) is 24.0 Å². The van der Waals surface area contributed by atoms with E-state index < -0.39 is 0 Å². The van der Waals surface area contributed by atoms with Gasteiger partial charge >= 0.3 is 0 Å². The quantitative estimate of drug-likeness (QED) is 0.881. The Balaban J connectivity index is 2.03. The summed E-state index contributed by atoms with van der Waals surface area (Å²) in [6.07, 6.45) is 2.30. The number of piperidine rings is 1. The molecular weight excluding hydrogens is 236 g/mol. The van der Waals surface area contributed by atoms with Crippen LogP contribution >= 0.6 is 0 Å². The predicted octanol–water partition coefficient (Wildman–Crippen LogP) is 1.93. The second-order valence-corrected chi connectivity index (χ2v) is 5.68. The molecule has 1 aliphatic heterocycles. The van der Waals surface area contributed by atoms with E-state index in [1.807, 2.05) is 0 Å². The first-order valence-corrected chi connectivity index (χ1v) is 7.19. The van der Waals surface area contributed by atoms with E-state index in [1.165, 1.54) is 11.1 Å². The molecule has 0 unspecified atom stereocenters. The summed E-state index contributed by atoms with van der Waals surface area (Å²) in [5, 5.41) is 0. The van der Waals surface area contributed by atoms with Crippen LogP contribution in [-0.4, -0.2) is 44.8 Å². The molecule has 19 heavy (non-hydrogen) atoms. The molecule has 0 aromatic heterocycles. The number of nitrogens with zero attached hydrogens (tertiary/aromatic N) is 1. The average molecular weight is 262 g/mol. The lowest BCUT2D eigenvalue weighted by Crippen LogP contribution is -2.47. The van der Waals surface area contributed by atoms with E-state index in [1.54, 1.807) is 7.11 Å². The second kappa shape index (κ2) is 6.51. The van der Waals surface area contributed by atoms with E-state index in [4.69, 9.17) is 10.5 Å². The molecule has 1 aliphatic rings. The molecule has 1 aromatic rings.